The van der Waals surface area contributed by atoms with E-state index in [2.05, 4.69) is 0 Å². The van der Waals surface area contributed by atoms with E-state index in [1.165, 1.54) is 0 Å². The second-order valence-electron chi connectivity index (χ2n) is 4.03. The number of hydrogen-bond donors (Lipinski definition) is 1. The van der Waals surface area contributed by atoms with Crippen LogP contribution in [0.5, 0.6) is 5.75 Å². The average Bonchev–Trinajstić information content (AvgIpc) is 2.20. The highest BCUT2D eigenvalue weighted by atomic mass is 16.5. The standard InChI is InChI=1S/C13H18O3/c1-4-12(13(14)15)10-5-7-11(8-6-10)16-9(2)3/h5-9,12H,4H2,1-3H3,(H,14,15). The molecule has 0 heterocycles. The van der Waals surface area contributed by atoms with Gasteiger partial charge in [-0.1, -0.05) is 19.1 Å². The Morgan fingerprint density at radius 2 is 1.88 bits per heavy atom. The van der Waals surface area contributed by atoms with Gasteiger partial charge in [0.25, 0.3) is 0 Å². The Hall–Kier alpha value is -1.51. The van der Waals surface area contributed by atoms with Crippen LogP contribution >= 0.6 is 0 Å². The Kier molecular flexibility index (Phi) is 4.35. The molecule has 0 spiro atoms. The topological polar surface area (TPSA) is 46.5 Å². The van der Waals surface area contributed by atoms with Gasteiger partial charge in [0.2, 0.25) is 0 Å². The van der Waals surface area contributed by atoms with E-state index in [4.69, 9.17) is 9.84 Å². The van der Waals surface area contributed by atoms with Crippen molar-refractivity contribution >= 4 is 5.97 Å². The van der Waals surface area contributed by atoms with Gasteiger partial charge in [-0.05, 0) is 38.0 Å². The van der Waals surface area contributed by atoms with Gasteiger partial charge in [-0.3, -0.25) is 4.79 Å². The number of benzene rings is 1. The third-order valence-electron chi connectivity index (χ3n) is 2.36. The van der Waals surface area contributed by atoms with Gasteiger partial charge in [-0.2, -0.15) is 0 Å². The fourth-order valence-corrected chi connectivity index (χ4v) is 1.60. The molecule has 1 rings (SSSR count). The monoisotopic (exact) mass is 222 g/mol. The first-order valence-electron chi connectivity index (χ1n) is 5.54. The van der Waals surface area contributed by atoms with Gasteiger partial charge in [0.15, 0.2) is 0 Å². The Morgan fingerprint density at radius 3 is 2.25 bits per heavy atom. The van der Waals surface area contributed by atoms with Gasteiger partial charge in [-0.15, -0.1) is 0 Å². The zero-order valence-corrected chi connectivity index (χ0v) is 9.93. The van der Waals surface area contributed by atoms with Crippen LogP contribution in [-0.2, 0) is 4.79 Å². The molecule has 0 saturated heterocycles. The van der Waals surface area contributed by atoms with Crippen LogP contribution < -0.4 is 4.74 Å². The largest absolute Gasteiger partial charge is 0.491 e. The Bertz CT molecular complexity index is 341. The lowest BCUT2D eigenvalue weighted by Gasteiger charge is -2.13. The number of hydrogen-bond acceptors (Lipinski definition) is 2. The molecule has 0 amide bonds. The summed E-state index contributed by atoms with van der Waals surface area (Å²) in [4.78, 5) is 11.0. The average molecular weight is 222 g/mol. The molecule has 0 aliphatic rings. The van der Waals surface area contributed by atoms with Crippen LogP contribution in [0.15, 0.2) is 24.3 Å². The van der Waals surface area contributed by atoms with Crippen molar-refractivity contribution in [1.82, 2.24) is 0 Å². The molecule has 1 unspecified atom stereocenters. The molecule has 1 aromatic carbocycles. The molecular formula is C13H18O3. The SMILES string of the molecule is CCC(C(=O)O)c1ccc(OC(C)C)cc1. The molecule has 0 radical (unpaired) electrons. The highest BCUT2D eigenvalue weighted by Crippen LogP contribution is 2.22. The lowest BCUT2D eigenvalue weighted by atomic mass is 9.97. The molecule has 1 N–H and O–H groups in total. The first-order valence-corrected chi connectivity index (χ1v) is 5.54. The van der Waals surface area contributed by atoms with E-state index in [9.17, 15) is 4.79 Å². The molecule has 3 heteroatoms. The molecule has 0 aliphatic carbocycles. The maximum Gasteiger partial charge on any atom is 0.310 e. The lowest BCUT2D eigenvalue weighted by Crippen LogP contribution is -2.10. The minimum atomic E-state index is -0.778. The van der Waals surface area contributed by atoms with Crippen molar-refractivity contribution in [2.45, 2.75) is 39.2 Å². The summed E-state index contributed by atoms with van der Waals surface area (Å²) in [5.74, 6) is -0.424. The highest BCUT2D eigenvalue weighted by Gasteiger charge is 2.17. The number of aliphatic carboxylic acids is 1. The van der Waals surface area contributed by atoms with Gasteiger partial charge in [0.05, 0.1) is 12.0 Å². The number of carboxylic acids is 1. The number of ether oxygens (including phenoxy) is 1. The van der Waals surface area contributed by atoms with E-state index < -0.39 is 11.9 Å². The molecule has 0 fully saturated rings. The van der Waals surface area contributed by atoms with E-state index in [1.54, 1.807) is 0 Å². The summed E-state index contributed by atoms with van der Waals surface area (Å²) in [5, 5.41) is 9.01. The molecule has 0 aromatic heterocycles. The summed E-state index contributed by atoms with van der Waals surface area (Å²) in [6, 6.07) is 7.28. The minimum Gasteiger partial charge on any atom is -0.491 e. The van der Waals surface area contributed by atoms with Crippen molar-refractivity contribution in [3.8, 4) is 5.75 Å². The predicted molar refractivity (Wildman–Crippen MR) is 62.9 cm³/mol. The Labute approximate surface area is 96.1 Å². The molecule has 0 aliphatic heterocycles. The van der Waals surface area contributed by atoms with Crippen molar-refractivity contribution in [2.75, 3.05) is 0 Å². The molecule has 16 heavy (non-hydrogen) atoms. The van der Waals surface area contributed by atoms with Gasteiger partial charge < -0.3 is 9.84 Å². The molecule has 1 aromatic rings. The summed E-state index contributed by atoms with van der Waals surface area (Å²) in [5.41, 5.74) is 0.825. The van der Waals surface area contributed by atoms with Crippen LogP contribution in [0.3, 0.4) is 0 Å². The summed E-state index contributed by atoms with van der Waals surface area (Å²) in [7, 11) is 0. The summed E-state index contributed by atoms with van der Waals surface area (Å²) in [6.45, 7) is 5.79. The Balaban J connectivity index is 2.81. The van der Waals surface area contributed by atoms with Crippen molar-refractivity contribution in [2.24, 2.45) is 0 Å². The molecule has 0 bridgehead atoms. The first-order chi connectivity index (χ1) is 7.54. The fourth-order valence-electron chi connectivity index (χ4n) is 1.60. The number of carbonyl (C=O) groups is 1. The third kappa shape index (κ3) is 3.26. The van der Waals surface area contributed by atoms with Gasteiger partial charge in [-0.25, -0.2) is 0 Å². The van der Waals surface area contributed by atoms with E-state index in [1.807, 2.05) is 45.0 Å². The molecule has 1 atom stereocenters. The van der Waals surface area contributed by atoms with E-state index >= 15 is 0 Å². The lowest BCUT2D eigenvalue weighted by molar-refractivity contribution is -0.138. The fraction of sp³-hybridized carbons (Fsp3) is 0.462. The zero-order chi connectivity index (χ0) is 12.1. The van der Waals surface area contributed by atoms with E-state index in [-0.39, 0.29) is 6.10 Å². The van der Waals surface area contributed by atoms with Crippen molar-refractivity contribution < 1.29 is 14.6 Å². The van der Waals surface area contributed by atoms with Crippen LogP contribution in [0.1, 0.15) is 38.7 Å². The summed E-state index contributed by atoms with van der Waals surface area (Å²) < 4.78 is 5.50. The van der Waals surface area contributed by atoms with Gasteiger partial charge in [0, 0.05) is 0 Å². The molecule has 88 valence electrons. The molecule has 3 nitrogen and oxygen atoms in total. The van der Waals surface area contributed by atoms with Crippen LogP contribution in [0, 0.1) is 0 Å². The van der Waals surface area contributed by atoms with Crippen LogP contribution in [0.2, 0.25) is 0 Å². The van der Waals surface area contributed by atoms with E-state index in [0.717, 1.165) is 11.3 Å². The quantitative estimate of drug-likeness (QED) is 0.832. The normalized spacial score (nSPS) is 12.5. The van der Waals surface area contributed by atoms with Gasteiger partial charge >= 0.3 is 5.97 Å². The molecular weight excluding hydrogens is 204 g/mol. The second kappa shape index (κ2) is 5.54. The molecule has 0 saturated carbocycles. The van der Waals surface area contributed by atoms with Crippen molar-refractivity contribution in [3.05, 3.63) is 29.8 Å². The van der Waals surface area contributed by atoms with Crippen molar-refractivity contribution in [1.29, 1.82) is 0 Å². The van der Waals surface area contributed by atoms with Crippen LogP contribution in [0.25, 0.3) is 0 Å². The minimum absolute atomic E-state index is 0.132. The van der Waals surface area contributed by atoms with E-state index in [0.29, 0.717) is 6.42 Å². The third-order valence-corrected chi connectivity index (χ3v) is 2.36. The maximum atomic E-state index is 11.0. The highest BCUT2D eigenvalue weighted by molar-refractivity contribution is 5.76. The predicted octanol–water partition coefficient (Wildman–Crippen LogP) is 3.05. The number of carboxylic acid groups (broad SMARTS) is 1. The maximum absolute atomic E-state index is 11.0. The van der Waals surface area contributed by atoms with Crippen molar-refractivity contribution in [3.63, 3.8) is 0 Å². The van der Waals surface area contributed by atoms with Crippen LogP contribution in [0.4, 0.5) is 0 Å². The Morgan fingerprint density at radius 1 is 1.31 bits per heavy atom. The zero-order valence-electron chi connectivity index (χ0n) is 9.93. The summed E-state index contributed by atoms with van der Waals surface area (Å²) in [6.07, 6.45) is 0.729. The number of rotatable bonds is 5. The van der Waals surface area contributed by atoms with Gasteiger partial charge in [0.1, 0.15) is 5.75 Å². The van der Waals surface area contributed by atoms with Crippen LogP contribution in [-0.4, -0.2) is 17.2 Å². The smallest absolute Gasteiger partial charge is 0.310 e. The second-order valence-corrected chi connectivity index (χ2v) is 4.03. The first kappa shape index (κ1) is 12.6. The summed E-state index contributed by atoms with van der Waals surface area (Å²) >= 11 is 0.